The third-order valence-corrected chi connectivity index (χ3v) is 3.04. The third kappa shape index (κ3) is 2.28. The highest BCUT2D eigenvalue weighted by molar-refractivity contribution is 4.76. The minimum absolute atomic E-state index is 0.539. The first-order valence-electron chi connectivity index (χ1n) is 4.53. The van der Waals surface area contributed by atoms with Gasteiger partial charge in [-0.1, -0.05) is 25.4 Å². The Morgan fingerprint density at radius 1 is 1.27 bits per heavy atom. The van der Waals surface area contributed by atoms with Crippen molar-refractivity contribution in [2.45, 2.75) is 33.1 Å². The lowest BCUT2D eigenvalue weighted by atomic mass is 9.76. The summed E-state index contributed by atoms with van der Waals surface area (Å²) in [4.78, 5) is 10.0. The van der Waals surface area contributed by atoms with Crippen LogP contribution in [0, 0.1) is 22.7 Å². The van der Waals surface area contributed by atoms with Crippen molar-refractivity contribution in [3.05, 3.63) is 4.91 Å². The standard InChI is InChI=1S/C9H17NO/c1-7-3-4-9(6-10-11)5-8(7)2/h7-9H,3-6H2,1-2H3. The average Bonchev–Trinajstić information content (AvgIpc) is 1.98. The van der Waals surface area contributed by atoms with Gasteiger partial charge >= 0.3 is 0 Å². The van der Waals surface area contributed by atoms with Crippen LogP contribution in [0.2, 0.25) is 0 Å². The Morgan fingerprint density at radius 2 is 2.00 bits per heavy atom. The molecular formula is C9H17NO. The lowest BCUT2D eigenvalue weighted by Crippen LogP contribution is -2.22. The van der Waals surface area contributed by atoms with Gasteiger partial charge in [0.05, 0.1) is 6.54 Å². The molecule has 2 heteroatoms. The van der Waals surface area contributed by atoms with Crippen molar-refractivity contribution in [1.29, 1.82) is 0 Å². The molecule has 1 aliphatic carbocycles. The molecule has 1 rings (SSSR count). The number of hydrogen-bond acceptors (Lipinski definition) is 2. The summed E-state index contributed by atoms with van der Waals surface area (Å²) in [7, 11) is 0. The second-order valence-corrected chi connectivity index (χ2v) is 3.95. The minimum Gasteiger partial charge on any atom is -0.151 e. The van der Waals surface area contributed by atoms with Crippen molar-refractivity contribution < 1.29 is 0 Å². The van der Waals surface area contributed by atoms with E-state index in [0.29, 0.717) is 12.5 Å². The van der Waals surface area contributed by atoms with Crippen molar-refractivity contribution in [3.8, 4) is 0 Å². The Bertz CT molecular complexity index is 136. The van der Waals surface area contributed by atoms with Crippen molar-refractivity contribution >= 4 is 0 Å². The molecule has 3 unspecified atom stereocenters. The van der Waals surface area contributed by atoms with Crippen LogP contribution in [0.15, 0.2) is 5.18 Å². The van der Waals surface area contributed by atoms with E-state index in [1.165, 1.54) is 19.3 Å². The van der Waals surface area contributed by atoms with E-state index in [1.54, 1.807) is 0 Å². The Hall–Kier alpha value is -0.400. The summed E-state index contributed by atoms with van der Waals surface area (Å²) in [5, 5.41) is 2.97. The summed E-state index contributed by atoms with van der Waals surface area (Å²) in [6, 6.07) is 0. The molecule has 0 radical (unpaired) electrons. The Labute approximate surface area is 68.3 Å². The summed E-state index contributed by atoms with van der Waals surface area (Å²) >= 11 is 0. The number of nitrogens with zero attached hydrogens (tertiary/aromatic N) is 1. The minimum atomic E-state index is 0.539. The van der Waals surface area contributed by atoms with E-state index in [4.69, 9.17) is 0 Å². The van der Waals surface area contributed by atoms with Gasteiger partial charge in [-0.25, -0.2) is 0 Å². The predicted octanol–water partition coefficient (Wildman–Crippen LogP) is 2.83. The van der Waals surface area contributed by atoms with E-state index >= 15 is 0 Å². The second-order valence-electron chi connectivity index (χ2n) is 3.95. The van der Waals surface area contributed by atoms with E-state index in [0.717, 1.165) is 11.8 Å². The summed E-state index contributed by atoms with van der Waals surface area (Å²) in [5.74, 6) is 2.21. The first-order valence-corrected chi connectivity index (χ1v) is 4.53. The van der Waals surface area contributed by atoms with E-state index < -0.39 is 0 Å². The molecule has 0 aromatic rings. The van der Waals surface area contributed by atoms with Crippen LogP contribution in [-0.2, 0) is 0 Å². The molecule has 0 aromatic heterocycles. The van der Waals surface area contributed by atoms with Crippen LogP contribution in [-0.4, -0.2) is 6.54 Å². The lowest BCUT2D eigenvalue weighted by Gasteiger charge is -2.30. The van der Waals surface area contributed by atoms with Gasteiger partial charge in [-0.15, -0.1) is 0 Å². The molecule has 0 amide bonds. The topological polar surface area (TPSA) is 29.4 Å². The maximum atomic E-state index is 10.0. The van der Waals surface area contributed by atoms with E-state index in [1.807, 2.05) is 0 Å². The van der Waals surface area contributed by atoms with Crippen LogP contribution >= 0.6 is 0 Å². The maximum Gasteiger partial charge on any atom is 0.0839 e. The van der Waals surface area contributed by atoms with E-state index in [2.05, 4.69) is 19.0 Å². The highest BCUT2D eigenvalue weighted by Crippen LogP contribution is 2.33. The van der Waals surface area contributed by atoms with Gasteiger partial charge in [-0.3, -0.25) is 0 Å². The molecule has 0 heterocycles. The molecule has 0 aromatic carbocycles. The average molecular weight is 155 g/mol. The van der Waals surface area contributed by atoms with Gasteiger partial charge < -0.3 is 0 Å². The van der Waals surface area contributed by atoms with Crippen LogP contribution in [0.5, 0.6) is 0 Å². The Balaban J connectivity index is 2.33. The van der Waals surface area contributed by atoms with E-state index in [9.17, 15) is 4.91 Å². The van der Waals surface area contributed by atoms with Crippen LogP contribution in [0.4, 0.5) is 0 Å². The summed E-state index contributed by atoms with van der Waals surface area (Å²) in [5.41, 5.74) is 0. The number of rotatable bonds is 2. The fourth-order valence-electron chi connectivity index (χ4n) is 1.93. The SMILES string of the molecule is CC1CCC(CN=O)CC1C. The van der Waals surface area contributed by atoms with Gasteiger partial charge in [-0.05, 0) is 30.6 Å². The number of nitroso groups, excluding NO2 is 1. The zero-order valence-electron chi connectivity index (χ0n) is 7.42. The van der Waals surface area contributed by atoms with Gasteiger partial charge in [0.25, 0.3) is 0 Å². The van der Waals surface area contributed by atoms with Gasteiger partial charge in [0, 0.05) is 0 Å². The van der Waals surface area contributed by atoms with Crippen molar-refractivity contribution in [3.63, 3.8) is 0 Å². The molecule has 1 aliphatic rings. The zero-order chi connectivity index (χ0) is 8.27. The molecule has 1 saturated carbocycles. The van der Waals surface area contributed by atoms with Crippen LogP contribution in [0.3, 0.4) is 0 Å². The smallest absolute Gasteiger partial charge is 0.0839 e. The summed E-state index contributed by atoms with van der Waals surface area (Å²) in [6.07, 6.45) is 3.69. The van der Waals surface area contributed by atoms with Crippen molar-refractivity contribution in [1.82, 2.24) is 0 Å². The molecule has 0 spiro atoms. The Kier molecular flexibility index (Phi) is 3.03. The van der Waals surface area contributed by atoms with Gasteiger partial charge in [0.15, 0.2) is 0 Å². The third-order valence-electron chi connectivity index (χ3n) is 3.04. The predicted molar refractivity (Wildman–Crippen MR) is 46.3 cm³/mol. The fraction of sp³-hybridized carbons (Fsp3) is 1.00. The monoisotopic (exact) mass is 155 g/mol. The highest BCUT2D eigenvalue weighted by atomic mass is 16.3. The molecule has 0 bridgehead atoms. The second kappa shape index (κ2) is 3.84. The molecule has 0 N–H and O–H groups in total. The van der Waals surface area contributed by atoms with Gasteiger partial charge in [0.2, 0.25) is 0 Å². The van der Waals surface area contributed by atoms with E-state index in [-0.39, 0.29) is 0 Å². The molecule has 64 valence electrons. The van der Waals surface area contributed by atoms with Crippen LogP contribution < -0.4 is 0 Å². The quantitative estimate of drug-likeness (QED) is 0.564. The first kappa shape index (κ1) is 8.69. The molecule has 2 nitrogen and oxygen atoms in total. The van der Waals surface area contributed by atoms with Crippen molar-refractivity contribution in [2.75, 3.05) is 6.54 Å². The molecule has 0 aliphatic heterocycles. The Morgan fingerprint density at radius 3 is 2.55 bits per heavy atom. The zero-order valence-corrected chi connectivity index (χ0v) is 7.42. The number of hydrogen-bond donors (Lipinski definition) is 0. The fourth-order valence-corrected chi connectivity index (χ4v) is 1.93. The molecule has 1 fully saturated rings. The molecule has 0 saturated heterocycles. The summed E-state index contributed by atoms with van der Waals surface area (Å²) in [6.45, 7) is 5.12. The largest absolute Gasteiger partial charge is 0.151 e. The molecule has 3 atom stereocenters. The summed E-state index contributed by atoms with van der Waals surface area (Å²) < 4.78 is 0. The molecular weight excluding hydrogens is 138 g/mol. The van der Waals surface area contributed by atoms with Gasteiger partial charge in [-0.2, -0.15) is 4.91 Å². The van der Waals surface area contributed by atoms with Gasteiger partial charge in [0.1, 0.15) is 0 Å². The van der Waals surface area contributed by atoms with Crippen LogP contribution in [0.1, 0.15) is 33.1 Å². The maximum absolute atomic E-state index is 10.0. The van der Waals surface area contributed by atoms with Crippen LogP contribution in [0.25, 0.3) is 0 Å². The van der Waals surface area contributed by atoms with Crippen molar-refractivity contribution in [2.24, 2.45) is 22.9 Å². The first-order chi connectivity index (χ1) is 5.24. The molecule has 11 heavy (non-hydrogen) atoms. The highest BCUT2D eigenvalue weighted by Gasteiger charge is 2.24. The lowest BCUT2D eigenvalue weighted by molar-refractivity contribution is 0.213. The normalized spacial score (nSPS) is 38.5.